The molecule has 65 heavy (non-hydrogen) atoms. The molecule has 0 aromatic rings. The van der Waals surface area contributed by atoms with E-state index >= 15 is 0 Å². The van der Waals surface area contributed by atoms with E-state index in [4.69, 9.17) is 18.9 Å². The predicted octanol–water partition coefficient (Wildman–Crippen LogP) is 12.6. The van der Waals surface area contributed by atoms with Gasteiger partial charge in [0.2, 0.25) is 0 Å². The molecular formula is C55H96O10. The summed E-state index contributed by atoms with van der Waals surface area (Å²) >= 11 is 0. The molecule has 6 atom stereocenters. The number of hydrogen-bond donors (Lipinski definition) is 4. The van der Waals surface area contributed by atoms with Crippen LogP contribution in [0.4, 0.5) is 0 Å². The van der Waals surface area contributed by atoms with Gasteiger partial charge in [-0.3, -0.25) is 9.59 Å². The molecule has 376 valence electrons. The molecule has 4 N–H and O–H groups in total. The monoisotopic (exact) mass is 917 g/mol. The lowest BCUT2D eigenvalue weighted by molar-refractivity contribution is -0.305. The molecule has 1 aliphatic heterocycles. The summed E-state index contributed by atoms with van der Waals surface area (Å²) in [6.07, 6.45) is 49.4. The van der Waals surface area contributed by atoms with E-state index in [0.717, 1.165) is 70.6 Å². The molecular weight excluding hydrogens is 821 g/mol. The van der Waals surface area contributed by atoms with Crippen LogP contribution >= 0.6 is 0 Å². The number of ether oxygens (including phenoxy) is 4. The Bertz CT molecular complexity index is 1240. The summed E-state index contributed by atoms with van der Waals surface area (Å²) in [5.41, 5.74) is 0. The van der Waals surface area contributed by atoms with Crippen LogP contribution in [0.3, 0.4) is 0 Å². The molecule has 0 amide bonds. The molecule has 0 aromatic heterocycles. The molecule has 10 heteroatoms. The van der Waals surface area contributed by atoms with E-state index in [1.54, 1.807) is 0 Å². The Kier molecular flexibility index (Phi) is 42.0. The second-order valence-corrected chi connectivity index (χ2v) is 18.0. The van der Waals surface area contributed by atoms with Gasteiger partial charge in [0.1, 0.15) is 31.0 Å². The van der Waals surface area contributed by atoms with E-state index in [1.165, 1.54) is 109 Å². The zero-order chi connectivity index (χ0) is 47.3. The smallest absolute Gasteiger partial charge is 0.306 e. The first-order valence-corrected chi connectivity index (χ1v) is 26.4. The van der Waals surface area contributed by atoms with E-state index in [2.05, 4.69) is 74.6 Å². The predicted molar refractivity (Wildman–Crippen MR) is 265 cm³/mol. The van der Waals surface area contributed by atoms with E-state index < -0.39 is 55.4 Å². The molecule has 1 saturated heterocycles. The summed E-state index contributed by atoms with van der Waals surface area (Å²) in [7, 11) is 0. The molecule has 0 radical (unpaired) electrons. The van der Waals surface area contributed by atoms with Crippen molar-refractivity contribution in [3.05, 3.63) is 60.8 Å². The van der Waals surface area contributed by atoms with Crippen LogP contribution in [-0.2, 0) is 28.5 Å². The first kappa shape index (κ1) is 60.4. The number of rotatable bonds is 44. The maximum atomic E-state index is 12.8. The van der Waals surface area contributed by atoms with Crippen LogP contribution in [0.5, 0.6) is 0 Å². The van der Waals surface area contributed by atoms with Gasteiger partial charge >= 0.3 is 11.9 Å². The number of carbonyl (C=O) groups excluding carboxylic acids is 2. The zero-order valence-corrected chi connectivity index (χ0v) is 41.2. The normalized spacial score (nSPS) is 19.8. The average molecular weight is 917 g/mol. The molecule has 1 aliphatic rings. The molecule has 10 nitrogen and oxygen atoms in total. The third-order valence-electron chi connectivity index (χ3n) is 11.9. The number of allylic oxidation sites excluding steroid dienone is 10. The quantitative estimate of drug-likeness (QED) is 0.0264. The molecule has 1 heterocycles. The van der Waals surface area contributed by atoms with Gasteiger partial charge in [-0.05, 0) is 57.8 Å². The minimum absolute atomic E-state index is 0.224. The van der Waals surface area contributed by atoms with Gasteiger partial charge in [0.05, 0.1) is 13.2 Å². The maximum Gasteiger partial charge on any atom is 0.306 e. The van der Waals surface area contributed by atoms with Crippen molar-refractivity contribution >= 4 is 11.9 Å². The van der Waals surface area contributed by atoms with Crippen molar-refractivity contribution in [3.8, 4) is 0 Å². The van der Waals surface area contributed by atoms with Gasteiger partial charge in [-0.2, -0.15) is 0 Å². The van der Waals surface area contributed by atoms with Gasteiger partial charge in [0.15, 0.2) is 12.4 Å². The van der Waals surface area contributed by atoms with Gasteiger partial charge in [-0.15, -0.1) is 0 Å². The Morgan fingerprint density at radius 3 is 1.37 bits per heavy atom. The van der Waals surface area contributed by atoms with Crippen LogP contribution in [0.2, 0.25) is 0 Å². The second kappa shape index (κ2) is 45.2. The second-order valence-electron chi connectivity index (χ2n) is 18.0. The van der Waals surface area contributed by atoms with E-state index in [9.17, 15) is 30.0 Å². The number of aliphatic hydroxyl groups excluding tert-OH is 4. The Hall–Kier alpha value is -2.60. The molecule has 0 aliphatic carbocycles. The fourth-order valence-electron chi connectivity index (χ4n) is 7.80. The Balaban J connectivity index is 2.27. The molecule has 2 unspecified atom stereocenters. The van der Waals surface area contributed by atoms with Gasteiger partial charge in [-0.25, -0.2) is 0 Å². The number of carbonyl (C=O) groups is 2. The highest BCUT2D eigenvalue weighted by molar-refractivity contribution is 5.70. The highest BCUT2D eigenvalue weighted by Crippen LogP contribution is 2.23. The molecule has 0 saturated carbocycles. The van der Waals surface area contributed by atoms with Crippen LogP contribution in [0.25, 0.3) is 0 Å². The highest BCUT2D eigenvalue weighted by atomic mass is 16.7. The topological polar surface area (TPSA) is 152 Å². The van der Waals surface area contributed by atoms with Crippen molar-refractivity contribution in [2.75, 3.05) is 19.8 Å². The van der Waals surface area contributed by atoms with E-state index in [1.807, 2.05) is 0 Å². The first-order valence-electron chi connectivity index (χ1n) is 26.4. The summed E-state index contributed by atoms with van der Waals surface area (Å²) in [4.78, 5) is 25.5. The highest BCUT2D eigenvalue weighted by Gasteiger charge is 2.44. The van der Waals surface area contributed by atoms with Gasteiger partial charge in [0, 0.05) is 12.8 Å². The number of unbranched alkanes of at least 4 members (excludes halogenated alkanes) is 23. The van der Waals surface area contributed by atoms with Crippen molar-refractivity contribution in [1.82, 2.24) is 0 Å². The largest absolute Gasteiger partial charge is 0.462 e. The van der Waals surface area contributed by atoms with Crippen molar-refractivity contribution in [1.29, 1.82) is 0 Å². The molecule has 1 rings (SSSR count). The van der Waals surface area contributed by atoms with Crippen LogP contribution in [-0.4, -0.2) is 89.0 Å². The van der Waals surface area contributed by atoms with Crippen LogP contribution in [0.15, 0.2) is 60.8 Å². The number of hydrogen-bond acceptors (Lipinski definition) is 10. The lowest BCUT2D eigenvalue weighted by atomic mass is 9.99. The van der Waals surface area contributed by atoms with Crippen molar-refractivity contribution in [2.24, 2.45) is 0 Å². The van der Waals surface area contributed by atoms with Crippen LogP contribution < -0.4 is 0 Å². The first-order chi connectivity index (χ1) is 31.8. The maximum absolute atomic E-state index is 12.8. The summed E-state index contributed by atoms with van der Waals surface area (Å²) < 4.78 is 22.2. The van der Waals surface area contributed by atoms with Crippen molar-refractivity contribution < 1.29 is 49.0 Å². The summed E-state index contributed by atoms with van der Waals surface area (Å²) in [6.45, 7) is 3.30. The standard InChI is InChI=1S/C55H96O10/c1-3-5-7-9-11-13-15-17-19-21-23-24-26-28-30-32-34-36-38-40-42-44-51(58)64-48(47-63-55-54(61)53(60)52(59)49(45-56)65-55)46-62-50(57)43-41-39-37-35-33-31-29-27-25-22-20-18-16-14-12-10-8-6-4-2/h6,8,12,14,18,20,25,27,31,33,48-49,52-56,59-61H,3-5,7,9-11,13,15-17,19,21-24,26,28-30,32,34-47H2,1-2H3/b8-6+,14-12+,20-18+,27-25+,33-31+/t48-,49-,52+,53?,54?,55-/m1/s1. The Labute approximate surface area is 396 Å². The molecule has 1 fully saturated rings. The lowest BCUT2D eigenvalue weighted by Gasteiger charge is -2.39. The zero-order valence-electron chi connectivity index (χ0n) is 41.2. The Morgan fingerprint density at radius 2 is 0.908 bits per heavy atom. The average Bonchev–Trinajstić information content (AvgIpc) is 3.30. The van der Waals surface area contributed by atoms with Crippen LogP contribution in [0, 0.1) is 0 Å². The fourth-order valence-corrected chi connectivity index (χ4v) is 7.80. The van der Waals surface area contributed by atoms with Gasteiger partial charge in [0.25, 0.3) is 0 Å². The fraction of sp³-hybridized carbons (Fsp3) is 0.782. The molecule has 0 bridgehead atoms. The molecule has 0 aromatic carbocycles. The number of esters is 2. The summed E-state index contributed by atoms with van der Waals surface area (Å²) in [5, 5.41) is 40.2. The van der Waals surface area contributed by atoms with Gasteiger partial charge in [-0.1, -0.05) is 209 Å². The van der Waals surface area contributed by atoms with Crippen molar-refractivity contribution in [3.63, 3.8) is 0 Å². The van der Waals surface area contributed by atoms with Crippen molar-refractivity contribution in [2.45, 2.75) is 256 Å². The minimum Gasteiger partial charge on any atom is -0.462 e. The summed E-state index contributed by atoms with van der Waals surface area (Å²) in [5.74, 6) is -0.839. The Morgan fingerprint density at radius 1 is 0.492 bits per heavy atom. The number of aliphatic hydroxyl groups is 4. The van der Waals surface area contributed by atoms with E-state index in [0.29, 0.717) is 12.8 Å². The lowest BCUT2D eigenvalue weighted by Crippen LogP contribution is -2.59. The third-order valence-corrected chi connectivity index (χ3v) is 11.9. The van der Waals surface area contributed by atoms with E-state index in [-0.39, 0.29) is 26.1 Å². The van der Waals surface area contributed by atoms with Crippen LogP contribution in [0.1, 0.15) is 219 Å². The van der Waals surface area contributed by atoms with Gasteiger partial charge < -0.3 is 39.4 Å². The third kappa shape index (κ3) is 36.2. The molecule has 0 spiro atoms. The summed E-state index contributed by atoms with van der Waals surface area (Å²) in [6, 6.07) is 0. The SMILES string of the molecule is CC/C=C/C/C=C/C/C=C/C/C=C/C/C=C/CCCCCC(=O)OC[C@H](CO[C@@H]1O[C@H](CO)[C@H](O)C(O)C1O)OC(=O)CCCCCCCCCCCCCCCCCCCCCCC. The minimum atomic E-state index is -1.60.